The molecule has 0 radical (unpaired) electrons. The number of aryl methyl sites for hydroxylation is 1. The van der Waals surface area contributed by atoms with Crippen molar-refractivity contribution < 1.29 is 4.42 Å². The molecule has 0 aliphatic carbocycles. The van der Waals surface area contributed by atoms with Crippen LogP contribution in [0.25, 0.3) is 64.8 Å². The van der Waals surface area contributed by atoms with Gasteiger partial charge in [0.1, 0.15) is 11.2 Å². The lowest BCUT2D eigenvalue weighted by molar-refractivity contribution is 0.411. The second-order valence-electron chi connectivity index (χ2n) is 11.9. The Morgan fingerprint density at radius 3 is 2.27 bits per heavy atom. The van der Waals surface area contributed by atoms with Crippen molar-refractivity contribution >= 4 is 43.4 Å². The van der Waals surface area contributed by atoms with Crippen LogP contribution in [0.1, 0.15) is 31.9 Å². The molecule has 196 valence electrons. The molecule has 0 spiro atoms. The summed E-state index contributed by atoms with van der Waals surface area (Å²) in [6, 6.07) is 34.6. The van der Waals surface area contributed by atoms with Gasteiger partial charge < -0.3 is 4.42 Å². The van der Waals surface area contributed by atoms with Gasteiger partial charge in [-0.15, -0.1) is 11.3 Å². The van der Waals surface area contributed by atoms with Crippen molar-refractivity contribution in [3.63, 3.8) is 0 Å². The van der Waals surface area contributed by atoms with Crippen molar-refractivity contribution in [2.45, 2.75) is 34.1 Å². The van der Waals surface area contributed by atoms with Crippen LogP contribution in [0.2, 0.25) is 0 Å². The monoisotopic (exact) mass is 537 g/mol. The first-order chi connectivity index (χ1) is 19.4. The van der Waals surface area contributed by atoms with E-state index in [1.54, 1.807) is 0 Å². The molecule has 3 heteroatoms. The molecule has 0 saturated heterocycles. The van der Waals surface area contributed by atoms with Crippen LogP contribution in [0.3, 0.4) is 0 Å². The molecule has 7 aromatic rings. The van der Waals surface area contributed by atoms with Crippen LogP contribution in [0.4, 0.5) is 0 Å². The molecule has 0 atom stereocenters. The molecule has 0 aliphatic heterocycles. The van der Waals surface area contributed by atoms with Crippen LogP contribution in [0.5, 0.6) is 0 Å². The Morgan fingerprint density at radius 2 is 1.50 bits per heavy atom. The third kappa shape index (κ3) is 4.31. The van der Waals surface area contributed by atoms with Crippen LogP contribution in [0, 0.1) is 12.3 Å². The predicted octanol–water partition coefficient (Wildman–Crippen LogP) is 11.1. The van der Waals surface area contributed by atoms with E-state index in [-0.39, 0.29) is 5.41 Å². The summed E-state index contributed by atoms with van der Waals surface area (Å²) in [5.41, 5.74) is 10.4. The molecule has 0 N–H and O–H groups in total. The van der Waals surface area contributed by atoms with Crippen LogP contribution < -0.4 is 0 Å². The van der Waals surface area contributed by atoms with Crippen molar-refractivity contribution in [2.24, 2.45) is 5.41 Å². The maximum Gasteiger partial charge on any atom is 0.144 e. The van der Waals surface area contributed by atoms with E-state index in [4.69, 9.17) is 9.40 Å². The molecule has 0 fully saturated rings. The maximum absolute atomic E-state index is 6.59. The lowest BCUT2D eigenvalue weighted by atomic mass is 9.88. The van der Waals surface area contributed by atoms with Crippen LogP contribution in [0.15, 0.2) is 108 Å². The quantitative estimate of drug-likeness (QED) is 0.223. The van der Waals surface area contributed by atoms with Crippen molar-refractivity contribution in [2.75, 3.05) is 0 Å². The molecule has 0 amide bonds. The van der Waals surface area contributed by atoms with E-state index in [0.29, 0.717) is 0 Å². The first-order valence-electron chi connectivity index (χ1n) is 13.8. The van der Waals surface area contributed by atoms with Gasteiger partial charge in [0, 0.05) is 27.4 Å². The van der Waals surface area contributed by atoms with Gasteiger partial charge in [-0.3, -0.25) is 4.98 Å². The third-order valence-electron chi connectivity index (χ3n) is 7.66. The number of fused-ring (bicyclic) bond motifs is 4. The average molecular weight is 538 g/mol. The summed E-state index contributed by atoms with van der Waals surface area (Å²) >= 11 is 1.83. The highest BCUT2D eigenvalue weighted by Gasteiger charge is 2.19. The van der Waals surface area contributed by atoms with Gasteiger partial charge >= 0.3 is 0 Å². The first kappa shape index (κ1) is 24.8. The normalized spacial score (nSPS) is 12.1. The van der Waals surface area contributed by atoms with Gasteiger partial charge in [0.2, 0.25) is 0 Å². The summed E-state index contributed by atoms with van der Waals surface area (Å²) in [6.45, 7) is 9.09. The van der Waals surface area contributed by atoms with Gasteiger partial charge in [0.15, 0.2) is 0 Å². The highest BCUT2D eigenvalue weighted by Crippen LogP contribution is 2.44. The summed E-state index contributed by atoms with van der Waals surface area (Å²) in [6.07, 6.45) is 3.00. The lowest BCUT2D eigenvalue weighted by Gasteiger charge is -2.18. The van der Waals surface area contributed by atoms with Gasteiger partial charge in [0.05, 0.1) is 10.4 Å². The van der Waals surface area contributed by atoms with E-state index < -0.39 is 0 Å². The molecule has 0 aliphatic rings. The Balaban J connectivity index is 1.35. The molecular formula is C37H31NOS. The molecule has 7 rings (SSSR count). The fourth-order valence-corrected chi connectivity index (χ4v) is 7.11. The number of thiophene rings is 1. The summed E-state index contributed by atoms with van der Waals surface area (Å²) in [4.78, 5) is 6.22. The number of hydrogen-bond donors (Lipinski definition) is 0. The molecule has 3 heterocycles. The highest BCUT2D eigenvalue weighted by atomic mass is 32.1. The van der Waals surface area contributed by atoms with E-state index in [2.05, 4.69) is 119 Å². The number of hydrogen-bond acceptors (Lipinski definition) is 3. The van der Waals surface area contributed by atoms with Crippen molar-refractivity contribution in [1.29, 1.82) is 0 Å². The van der Waals surface area contributed by atoms with Crippen LogP contribution in [-0.4, -0.2) is 4.98 Å². The van der Waals surface area contributed by atoms with Crippen LogP contribution >= 0.6 is 11.3 Å². The highest BCUT2D eigenvalue weighted by molar-refractivity contribution is 7.23. The minimum absolute atomic E-state index is 0.274. The molecule has 40 heavy (non-hydrogen) atoms. The van der Waals surface area contributed by atoms with E-state index in [0.717, 1.165) is 45.2 Å². The van der Waals surface area contributed by atoms with Gasteiger partial charge in [-0.1, -0.05) is 93.6 Å². The zero-order valence-corrected chi connectivity index (χ0v) is 24.1. The Labute approximate surface area is 238 Å². The molecule has 0 bridgehead atoms. The molecule has 3 aromatic heterocycles. The molecule has 0 saturated carbocycles. The predicted molar refractivity (Wildman–Crippen MR) is 171 cm³/mol. The number of nitrogens with zero attached hydrogens (tertiary/aromatic N) is 1. The smallest absolute Gasteiger partial charge is 0.144 e. The topological polar surface area (TPSA) is 26.0 Å². The van der Waals surface area contributed by atoms with Gasteiger partial charge in [0.25, 0.3) is 0 Å². The summed E-state index contributed by atoms with van der Waals surface area (Å²) in [5, 5.41) is 3.50. The Kier molecular flexibility index (Phi) is 5.87. The number of furan rings is 1. The van der Waals surface area contributed by atoms with E-state index in [9.17, 15) is 0 Å². The zero-order chi connectivity index (χ0) is 27.4. The van der Waals surface area contributed by atoms with E-state index >= 15 is 0 Å². The lowest BCUT2D eigenvalue weighted by Crippen LogP contribution is -2.08. The summed E-state index contributed by atoms with van der Waals surface area (Å²) in [5.74, 6) is 0. The number of para-hydroxylation sites is 1. The van der Waals surface area contributed by atoms with Crippen molar-refractivity contribution in [3.8, 4) is 32.8 Å². The second kappa shape index (κ2) is 9.46. The van der Waals surface area contributed by atoms with Gasteiger partial charge in [-0.25, -0.2) is 0 Å². The number of rotatable bonds is 4. The van der Waals surface area contributed by atoms with Gasteiger partial charge in [-0.2, -0.15) is 0 Å². The van der Waals surface area contributed by atoms with Crippen molar-refractivity contribution in [3.05, 3.63) is 114 Å². The zero-order valence-electron chi connectivity index (χ0n) is 23.3. The Morgan fingerprint density at radius 1 is 0.725 bits per heavy atom. The second-order valence-corrected chi connectivity index (χ2v) is 12.9. The average Bonchev–Trinajstić information content (AvgIpc) is 3.50. The van der Waals surface area contributed by atoms with Crippen LogP contribution in [-0.2, 0) is 6.42 Å². The summed E-state index contributed by atoms with van der Waals surface area (Å²) < 4.78 is 7.79. The Bertz CT molecular complexity index is 2000. The number of pyridine rings is 1. The van der Waals surface area contributed by atoms with E-state index in [1.807, 2.05) is 23.6 Å². The minimum Gasteiger partial charge on any atom is -0.455 e. The van der Waals surface area contributed by atoms with E-state index in [1.165, 1.54) is 37.2 Å². The number of benzene rings is 4. The minimum atomic E-state index is 0.274. The maximum atomic E-state index is 6.59. The molecule has 4 aromatic carbocycles. The molecular weight excluding hydrogens is 506 g/mol. The molecule has 2 nitrogen and oxygen atoms in total. The Hall–Kier alpha value is -4.21. The SMILES string of the molecule is Cc1c(-c2ccc(CC(C)(C)C)cc2)sc2c(-c3cccc4c3oc3cc(-c5ccccc5)ccc34)nccc12. The van der Waals surface area contributed by atoms with Gasteiger partial charge in [-0.05, 0) is 76.2 Å². The van der Waals surface area contributed by atoms with Crippen molar-refractivity contribution in [1.82, 2.24) is 4.98 Å². The molecule has 0 unspecified atom stereocenters. The third-order valence-corrected chi connectivity index (χ3v) is 9.03. The fourth-order valence-electron chi connectivity index (χ4n) is 5.80. The number of aromatic nitrogens is 1. The standard InChI is InChI=1S/C37H31NOS/c1-23-28-19-20-38-33(36(28)40-35(23)26-15-13-24(14-16-26)22-37(2,3)4)31-12-8-11-30-29-18-17-27(21-32(29)39-34(30)31)25-9-6-5-7-10-25/h5-21H,22H2,1-4H3. The first-order valence-corrected chi connectivity index (χ1v) is 14.7. The summed E-state index contributed by atoms with van der Waals surface area (Å²) in [7, 11) is 0. The fraction of sp³-hybridized carbons (Fsp3) is 0.162. The largest absolute Gasteiger partial charge is 0.455 e.